The maximum Gasteiger partial charge on any atom is 0.337 e. The molecule has 266 valence electrons. The highest BCUT2D eigenvalue weighted by Crippen LogP contribution is 2.09. The number of hydrazine groups is 1. The van der Waals surface area contributed by atoms with Crippen LogP contribution < -0.4 is 43.5 Å². The van der Waals surface area contributed by atoms with Crippen molar-refractivity contribution in [2.45, 2.75) is 63.2 Å². The number of carboxylic acid groups (broad SMARTS) is 1. The van der Waals surface area contributed by atoms with Crippen LogP contribution in [-0.4, -0.2) is 102 Å². The van der Waals surface area contributed by atoms with Gasteiger partial charge in [0.15, 0.2) is 5.96 Å². The van der Waals surface area contributed by atoms with Crippen LogP contribution in [0.15, 0.2) is 40.4 Å². The summed E-state index contributed by atoms with van der Waals surface area (Å²) >= 11 is 0. The minimum absolute atomic E-state index is 0.0148. The molecule has 11 N–H and O–H groups in total. The third kappa shape index (κ3) is 15.4. The van der Waals surface area contributed by atoms with Crippen molar-refractivity contribution < 1.29 is 38.7 Å². The van der Waals surface area contributed by atoms with E-state index >= 15 is 0 Å². The Hall–Kier alpha value is -6.11. The third-order valence-corrected chi connectivity index (χ3v) is 6.84. The fourth-order valence-corrected chi connectivity index (χ4v) is 4.45. The Balaban J connectivity index is 2.40. The molecule has 1 saturated heterocycles. The molecule has 1 aliphatic rings. The van der Waals surface area contributed by atoms with Crippen molar-refractivity contribution in [2.75, 3.05) is 26.2 Å². The van der Waals surface area contributed by atoms with Gasteiger partial charge in [-0.25, -0.2) is 9.80 Å². The first-order chi connectivity index (χ1) is 23.4. The number of benzene rings is 1. The second kappa shape index (κ2) is 20.9. The van der Waals surface area contributed by atoms with Gasteiger partial charge in [-0.1, -0.05) is 35.4 Å². The highest BCUT2D eigenvalue weighted by Gasteiger charge is 2.32. The molecule has 2 rings (SSSR count). The Kier molecular flexibility index (Phi) is 16.7. The largest absolute Gasteiger partial charge is 0.481 e. The number of azide groups is 1. The summed E-state index contributed by atoms with van der Waals surface area (Å²) in [6.07, 6.45) is 0.0578. The maximum atomic E-state index is 13.7. The average Bonchev–Trinajstić information content (AvgIpc) is 3.05. The number of nitrogens with zero attached hydrogens (tertiary/aromatic N) is 5. The number of nitrogens with two attached hydrogens (primary N) is 2. The lowest BCUT2D eigenvalue weighted by atomic mass is 10.1. The standard InChI is InChI=1S/C28H41N13O8/c29-27(30)33-12-6-10-18-24(46)34-14-22(43)36-20(13-23(44)45)26(48)39-41(16-17-7-2-1-3-8-17)28(49)38-19(25(47)37-18)9-4-5-11-32-21(42)15-35-40-31/h1-3,7-8,18-20H,4-6,9-16H2,(H,32,42)(H,34,46)(H,36,43)(H,37,47)(H,38,49)(H,39,48)(H,44,45)(H4,29,30,33)/t18-,19-,20-/m0/s1. The van der Waals surface area contributed by atoms with Crippen molar-refractivity contribution in [1.29, 1.82) is 0 Å². The van der Waals surface area contributed by atoms with Crippen molar-refractivity contribution in [3.63, 3.8) is 0 Å². The lowest BCUT2D eigenvalue weighted by Crippen LogP contribution is -2.59. The van der Waals surface area contributed by atoms with E-state index in [9.17, 15) is 38.7 Å². The molecule has 0 unspecified atom stereocenters. The quantitative estimate of drug-likeness (QED) is 0.0240. The number of rotatable bonds is 15. The summed E-state index contributed by atoms with van der Waals surface area (Å²) in [4.78, 5) is 96.0. The van der Waals surface area contributed by atoms with Gasteiger partial charge in [0.1, 0.15) is 24.7 Å². The Labute approximate surface area is 280 Å². The molecule has 7 amide bonds. The van der Waals surface area contributed by atoms with Crippen LogP contribution in [0.2, 0.25) is 0 Å². The number of hydrogen-bond donors (Lipinski definition) is 9. The smallest absolute Gasteiger partial charge is 0.337 e. The first kappa shape index (κ1) is 39.1. The predicted octanol–water partition coefficient (Wildman–Crippen LogP) is -2.18. The molecule has 0 bridgehead atoms. The first-order valence-electron chi connectivity index (χ1n) is 15.2. The van der Waals surface area contributed by atoms with E-state index in [1.54, 1.807) is 30.3 Å². The van der Waals surface area contributed by atoms with Gasteiger partial charge in [0.2, 0.25) is 23.6 Å². The second-order valence-corrected chi connectivity index (χ2v) is 10.7. The van der Waals surface area contributed by atoms with Crippen LogP contribution in [0.5, 0.6) is 0 Å². The third-order valence-electron chi connectivity index (χ3n) is 6.84. The van der Waals surface area contributed by atoms with Crippen LogP contribution in [0.4, 0.5) is 4.79 Å². The fourth-order valence-electron chi connectivity index (χ4n) is 4.45. The van der Waals surface area contributed by atoms with Crippen LogP contribution in [0.3, 0.4) is 0 Å². The van der Waals surface area contributed by atoms with E-state index in [-0.39, 0.29) is 57.8 Å². The summed E-state index contributed by atoms with van der Waals surface area (Å²) in [5, 5.41) is 25.7. The van der Waals surface area contributed by atoms with Crippen molar-refractivity contribution >= 4 is 47.5 Å². The van der Waals surface area contributed by atoms with E-state index in [0.717, 1.165) is 5.01 Å². The Morgan fingerprint density at radius 3 is 2.31 bits per heavy atom. The van der Waals surface area contributed by atoms with Crippen molar-refractivity contribution in [3.8, 4) is 0 Å². The highest BCUT2D eigenvalue weighted by atomic mass is 16.4. The first-order valence-corrected chi connectivity index (χ1v) is 15.2. The zero-order valence-corrected chi connectivity index (χ0v) is 26.6. The fraction of sp³-hybridized carbons (Fsp3) is 0.500. The molecule has 0 saturated carbocycles. The molecule has 0 radical (unpaired) electrons. The van der Waals surface area contributed by atoms with Crippen molar-refractivity contribution in [3.05, 3.63) is 46.3 Å². The molecular formula is C28H41N13O8. The summed E-state index contributed by atoms with van der Waals surface area (Å²) in [5.41, 5.74) is 22.0. The number of urea groups is 1. The zero-order chi connectivity index (χ0) is 36.2. The molecule has 0 aliphatic carbocycles. The van der Waals surface area contributed by atoms with E-state index in [2.05, 4.69) is 47.0 Å². The number of carbonyl (C=O) groups is 7. The lowest BCUT2D eigenvalue weighted by Gasteiger charge is -2.28. The van der Waals surface area contributed by atoms with Crippen LogP contribution in [0.25, 0.3) is 10.4 Å². The summed E-state index contributed by atoms with van der Waals surface area (Å²) in [6, 6.07) is 3.36. The Bertz CT molecular complexity index is 1410. The van der Waals surface area contributed by atoms with Gasteiger partial charge in [0.05, 0.1) is 19.5 Å². The van der Waals surface area contributed by atoms with Crippen LogP contribution in [-0.2, 0) is 35.3 Å². The highest BCUT2D eigenvalue weighted by molar-refractivity contribution is 5.96. The average molecular weight is 688 g/mol. The number of nitrogens with one attached hydrogen (secondary N) is 6. The SMILES string of the molecule is [N-]=[N+]=NCC(=O)NCCCC[C@@H]1NC(=O)N(Cc2ccccc2)NC(=O)[C@H](CC(=O)O)NC(=O)CNC(=O)[C@H](CCCN=C(N)N)NC1=O. The molecule has 3 atom stereocenters. The number of amides is 7. The summed E-state index contributed by atoms with van der Waals surface area (Å²) in [7, 11) is 0. The minimum atomic E-state index is -1.64. The van der Waals surface area contributed by atoms with Crippen molar-refractivity contribution in [2.24, 2.45) is 21.6 Å². The Morgan fingerprint density at radius 1 is 0.939 bits per heavy atom. The maximum absolute atomic E-state index is 13.7. The topological polar surface area (TPSA) is 328 Å². The van der Waals surface area contributed by atoms with Crippen LogP contribution >= 0.6 is 0 Å². The monoisotopic (exact) mass is 687 g/mol. The summed E-state index contributed by atoms with van der Waals surface area (Å²) in [6.45, 7) is -0.984. The summed E-state index contributed by atoms with van der Waals surface area (Å²) in [5.74, 6) is -5.60. The molecule has 1 heterocycles. The van der Waals surface area contributed by atoms with Gasteiger partial charge in [-0.2, -0.15) is 0 Å². The van der Waals surface area contributed by atoms with Crippen LogP contribution in [0.1, 0.15) is 44.1 Å². The lowest BCUT2D eigenvalue weighted by molar-refractivity contribution is -0.141. The number of aliphatic carboxylic acids is 1. The molecule has 1 aromatic rings. The molecule has 1 aromatic carbocycles. The van der Waals surface area contributed by atoms with Gasteiger partial charge in [-0.3, -0.25) is 39.2 Å². The van der Waals surface area contributed by atoms with Gasteiger partial charge < -0.3 is 43.2 Å². The molecule has 1 fully saturated rings. The number of carboxylic acids is 1. The molecular weight excluding hydrogens is 646 g/mol. The molecule has 21 heteroatoms. The van der Waals surface area contributed by atoms with Gasteiger partial charge in [0, 0.05) is 18.0 Å². The van der Waals surface area contributed by atoms with Gasteiger partial charge in [-0.05, 0) is 43.2 Å². The van der Waals surface area contributed by atoms with Gasteiger partial charge in [0.25, 0.3) is 5.91 Å². The Morgan fingerprint density at radius 2 is 1.63 bits per heavy atom. The van der Waals surface area contributed by atoms with Gasteiger partial charge in [-0.15, -0.1) is 0 Å². The van der Waals surface area contributed by atoms with E-state index in [1.165, 1.54) is 0 Å². The number of carbonyl (C=O) groups excluding carboxylic acids is 6. The van der Waals surface area contributed by atoms with Crippen LogP contribution in [0, 0.1) is 0 Å². The number of unbranched alkanes of at least 4 members (excludes halogenated alkanes) is 1. The summed E-state index contributed by atoms with van der Waals surface area (Å²) < 4.78 is 0. The molecule has 49 heavy (non-hydrogen) atoms. The van der Waals surface area contributed by atoms with Gasteiger partial charge >= 0.3 is 12.0 Å². The molecule has 0 aromatic heterocycles. The van der Waals surface area contributed by atoms with E-state index in [0.29, 0.717) is 12.0 Å². The number of aliphatic imine (C=N–C) groups is 1. The second-order valence-electron chi connectivity index (χ2n) is 10.7. The van der Waals surface area contributed by atoms with Crippen molar-refractivity contribution in [1.82, 2.24) is 37.0 Å². The van der Waals surface area contributed by atoms with E-state index in [1.807, 2.05) is 0 Å². The number of hydrogen-bond acceptors (Lipinski definition) is 9. The van der Waals surface area contributed by atoms with E-state index < -0.39 is 72.6 Å². The molecule has 21 nitrogen and oxygen atoms in total. The minimum Gasteiger partial charge on any atom is -0.481 e. The molecule has 1 aliphatic heterocycles. The number of guanidine groups is 1. The molecule has 0 spiro atoms. The van der Waals surface area contributed by atoms with E-state index in [4.69, 9.17) is 17.0 Å². The normalized spacial score (nSPS) is 18.9. The predicted molar refractivity (Wildman–Crippen MR) is 172 cm³/mol. The zero-order valence-electron chi connectivity index (χ0n) is 26.6.